The Balaban J connectivity index is 0.000000229. The maximum atomic E-state index is 14.2. The molecule has 0 bridgehead atoms. The van der Waals surface area contributed by atoms with Crippen LogP contribution in [0.4, 0.5) is 15.0 Å². The molecule has 1 atom stereocenters. The number of urea groups is 1. The number of aryl methyl sites for hydroxylation is 1. The maximum absolute atomic E-state index is 14.2. The van der Waals surface area contributed by atoms with E-state index < -0.39 is 10.7 Å². The summed E-state index contributed by atoms with van der Waals surface area (Å²) in [6.07, 6.45) is 2.18. The van der Waals surface area contributed by atoms with E-state index in [0.717, 1.165) is 6.20 Å². The molecule has 0 spiro atoms. The topological polar surface area (TPSA) is 72.5 Å². The van der Waals surface area contributed by atoms with E-state index in [2.05, 4.69) is 24.0 Å². The summed E-state index contributed by atoms with van der Waals surface area (Å²) in [5, 5.41) is 0. The second-order valence-electron chi connectivity index (χ2n) is 4.86. The molecule has 0 aliphatic carbocycles. The van der Waals surface area contributed by atoms with E-state index in [0.29, 0.717) is 5.56 Å². The zero-order valence-electron chi connectivity index (χ0n) is 12.4. The minimum Gasteiger partial charge on any atom is -0.315 e. The van der Waals surface area contributed by atoms with Gasteiger partial charge in [0.2, 0.25) is 6.08 Å². The first-order chi connectivity index (χ1) is 11.0. The van der Waals surface area contributed by atoms with Crippen LogP contribution in [0.5, 0.6) is 0 Å². The predicted molar refractivity (Wildman–Crippen MR) is 86.2 cm³/mol. The van der Waals surface area contributed by atoms with Crippen molar-refractivity contribution in [2.24, 2.45) is 10.7 Å². The molecular formula is C17H15FN3O2+. The van der Waals surface area contributed by atoms with Gasteiger partial charge in [0.15, 0.2) is 11.9 Å². The lowest BCUT2D eigenvalue weighted by atomic mass is 10.1. The third-order valence-electron chi connectivity index (χ3n) is 3.26. The molecule has 6 heteroatoms. The number of hydrogen-bond acceptors (Lipinski definition) is 3. The number of benzene rings is 2. The molecule has 0 fully saturated rings. The van der Waals surface area contributed by atoms with Crippen LogP contribution in [-0.4, -0.2) is 12.1 Å². The molecule has 5 nitrogen and oxygen atoms in total. The molecule has 0 saturated heterocycles. The number of hydrogen-bond donors (Lipinski definition) is 1. The molecule has 116 valence electrons. The van der Waals surface area contributed by atoms with Crippen molar-refractivity contribution in [2.45, 2.75) is 6.92 Å². The van der Waals surface area contributed by atoms with Gasteiger partial charge in [0, 0.05) is 15.3 Å². The highest BCUT2D eigenvalue weighted by Gasteiger charge is 2.46. The summed E-state index contributed by atoms with van der Waals surface area (Å²) in [7, 11) is 0. The van der Waals surface area contributed by atoms with Gasteiger partial charge in [-0.3, -0.25) is 0 Å². The number of nitrogens with two attached hydrogens (primary N) is 1. The lowest BCUT2D eigenvalue weighted by Crippen LogP contribution is -2.44. The molecule has 2 amide bonds. The van der Waals surface area contributed by atoms with E-state index in [4.69, 9.17) is 5.73 Å². The molecule has 2 N–H and O–H groups in total. The normalized spacial score (nSPS) is 17.9. The Morgan fingerprint density at radius 1 is 1.13 bits per heavy atom. The second kappa shape index (κ2) is 6.79. The first kappa shape index (κ1) is 16.3. The molecule has 0 aromatic heterocycles. The Labute approximate surface area is 132 Å². The zero-order valence-corrected chi connectivity index (χ0v) is 12.4. The van der Waals surface area contributed by atoms with Gasteiger partial charge in [0.05, 0.1) is 5.56 Å². The van der Waals surface area contributed by atoms with E-state index in [1.54, 1.807) is 18.2 Å². The van der Waals surface area contributed by atoms with Crippen molar-refractivity contribution >= 4 is 23.5 Å². The van der Waals surface area contributed by atoms with Crippen molar-refractivity contribution in [2.75, 3.05) is 0 Å². The molecule has 1 heterocycles. The summed E-state index contributed by atoms with van der Waals surface area (Å²) >= 11 is 0. The average molecular weight is 312 g/mol. The standard InChI is InChI=1S/C10H6FN3O2.C7H8/c11-14(10(12)16)5-8(13-6-15)7-3-1-2-4-9(7)14;1-7-5-3-2-4-6-7/h1-5H,(H-,12,16);2-6H,1H3/p+1. The second-order valence-corrected chi connectivity index (χ2v) is 4.86. The zero-order chi connectivity index (χ0) is 16.9. The number of halogens is 1. The van der Waals surface area contributed by atoms with Crippen molar-refractivity contribution in [3.8, 4) is 0 Å². The third kappa shape index (κ3) is 3.40. The minimum absolute atomic E-state index is 0.0454. The smallest absolute Gasteiger partial charge is 0.315 e. The van der Waals surface area contributed by atoms with E-state index in [-0.39, 0.29) is 11.4 Å². The summed E-state index contributed by atoms with van der Waals surface area (Å²) in [5.41, 5.74) is 6.75. The summed E-state index contributed by atoms with van der Waals surface area (Å²) in [4.78, 5) is 24.6. The Morgan fingerprint density at radius 2 is 1.74 bits per heavy atom. The molecule has 1 aliphatic rings. The van der Waals surface area contributed by atoms with Gasteiger partial charge in [-0.25, -0.2) is 9.59 Å². The van der Waals surface area contributed by atoms with Gasteiger partial charge in [0.25, 0.3) is 0 Å². The van der Waals surface area contributed by atoms with Crippen molar-refractivity contribution in [3.05, 3.63) is 71.9 Å². The molecular weight excluding hydrogens is 297 g/mol. The number of carbonyl (C=O) groups is 1. The Bertz CT molecular complexity index is 798. The third-order valence-corrected chi connectivity index (χ3v) is 3.26. The van der Waals surface area contributed by atoms with Crippen LogP contribution in [0.2, 0.25) is 0 Å². The number of fused-ring (bicyclic) bond motifs is 1. The Kier molecular flexibility index (Phi) is 4.81. The van der Waals surface area contributed by atoms with Gasteiger partial charge in [-0.1, -0.05) is 48.0 Å². The summed E-state index contributed by atoms with van der Waals surface area (Å²) in [6.45, 7) is 2.08. The van der Waals surface area contributed by atoms with Gasteiger partial charge in [-0.15, -0.1) is 0 Å². The number of para-hydroxylation sites is 1. The molecule has 2 aromatic rings. The van der Waals surface area contributed by atoms with Crippen molar-refractivity contribution < 1.29 is 14.1 Å². The lowest BCUT2D eigenvalue weighted by Gasteiger charge is -2.12. The Hall–Kier alpha value is -3.08. The summed E-state index contributed by atoms with van der Waals surface area (Å²) in [6, 6.07) is 15.2. The fourth-order valence-corrected chi connectivity index (χ4v) is 2.14. The molecule has 2 aromatic carbocycles. The van der Waals surface area contributed by atoms with Gasteiger partial charge >= 0.3 is 6.03 Å². The number of quaternary nitrogens is 1. The summed E-state index contributed by atoms with van der Waals surface area (Å²) < 4.78 is 12.5. The molecule has 3 rings (SSSR count). The maximum Gasteiger partial charge on any atom is 0.462 e. The van der Waals surface area contributed by atoms with Gasteiger partial charge in [-0.05, 0) is 13.0 Å². The predicted octanol–water partition coefficient (Wildman–Crippen LogP) is 3.60. The van der Waals surface area contributed by atoms with Crippen molar-refractivity contribution in [1.29, 1.82) is 0 Å². The number of amides is 2. The first-order valence-electron chi connectivity index (χ1n) is 6.80. The van der Waals surface area contributed by atoms with Crippen molar-refractivity contribution in [1.82, 2.24) is 4.71 Å². The number of carbonyl (C=O) groups excluding carboxylic acids is 2. The monoisotopic (exact) mass is 312 g/mol. The van der Waals surface area contributed by atoms with Crippen LogP contribution in [0.1, 0.15) is 11.1 Å². The van der Waals surface area contributed by atoms with E-state index in [1.807, 2.05) is 18.2 Å². The highest BCUT2D eigenvalue weighted by atomic mass is 19.2. The van der Waals surface area contributed by atoms with Gasteiger partial charge < -0.3 is 5.73 Å². The minimum atomic E-state index is -1.68. The van der Waals surface area contributed by atoms with E-state index in [9.17, 15) is 14.1 Å². The fourth-order valence-electron chi connectivity index (χ4n) is 2.14. The fraction of sp³-hybridized carbons (Fsp3) is 0.0588. The Morgan fingerprint density at radius 3 is 2.26 bits per heavy atom. The van der Waals surface area contributed by atoms with Crippen molar-refractivity contribution in [3.63, 3.8) is 0 Å². The van der Waals surface area contributed by atoms with Gasteiger partial charge in [0.1, 0.15) is 5.70 Å². The largest absolute Gasteiger partial charge is 0.462 e. The first-order valence-corrected chi connectivity index (χ1v) is 6.80. The molecule has 1 unspecified atom stereocenters. The average Bonchev–Trinajstić information content (AvgIpc) is 2.84. The van der Waals surface area contributed by atoms with Crippen LogP contribution in [0.3, 0.4) is 0 Å². The molecule has 1 aliphatic heterocycles. The molecule has 0 radical (unpaired) electrons. The van der Waals surface area contributed by atoms with E-state index >= 15 is 0 Å². The SMILES string of the molecule is Cc1ccccc1.NC(=O)[N+]1(F)C=C(N=C=O)c2ccccc21. The van der Waals surface area contributed by atoms with E-state index in [1.165, 1.54) is 17.7 Å². The number of rotatable bonds is 1. The summed E-state index contributed by atoms with van der Waals surface area (Å²) in [5.74, 6) is 0. The van der Waals surface area contributed by atoms with Crippen LogP contribution in [0.15, 0.2) is 65.8 Å². The number of isocyanates is 1. The molecule has 0 saturated carbocycles. The lowest BCUT2D eigenvalue weighted by molar-refractivity contribution is 0.128. The number of nitrogens with zero attached hydrogens (tertiary/aromatic N) is 2. The van der Waals surface area contributed by atoms with Crippen LogP contribution in [-0.2, 0) is 4.79 Å². The van der Waals surface area contributed by atoms with Crippen LogP contribution in [0.25, 0.3) is 5.70 Å². The van der Waals surface area contributed by atoms with Crippen LogP contribution in [0, 0.1) is 6.92 Å². The highest BCUT2D eigenvalue weighted by Crippen LogP contribution is 2.41. The highest BCUT2D eigenvalue weighted by molar-refractivity contribution is 5.95. The number of aliphatic imine (C=N–C) groups is 1. The van der Waals surface area contributed by atoms with Gasteiger partial charge in [-0.2, -0.15) is 4.99 Å². The van der Waals surface area contributed by atoms with Crippen LogP contribution < -0.4 is 10.4 Å². The number of primary amides is 1. The quantitative estimate of drug-likeness (QED) is 0.496. The van der Waals surface area contributed by atoms with Crippen LogP contribution >= 0.6 is 0 Å². The molecule has 23 heavy (non-hydrogen) atoms.